The number of nitrogens with one attached hydrogen (secondary N) is 2. The molecule has 1 heterocycles. The predicted octanol–water partition coefficient (Wildman–Crippen LogP) is 3.17. The fraction of sp³-hybridized carbons (Fsp3) is 0.650. The van der Waals surface area contributed by atoms with E-state index in [1.54, 1.807) is 0 Å². The van der Waals surface area contributed by atoms with Crippen molar-refractivity contribution in [3.8, 4) is 0 Å². The zero-order valence-electron chi connectivity index (χ0n) is 16.6. The molecule has 2 rings (SSSR count). The van der Waals surface area contributed by atoms with Crippen LogP contribution in [0.5, 0.6) is 0 Å². The van der Waals surface area contributed by atoms with Gasteiger partial charge in [-0.3, -0.25) is 9.89 Å². The Morgan fingerprint density at radius 1 is 1.29 bits per heavy atom. The second-order valence-electron chi connectivity index (χ2n) is 7.12. The van der Waals surface area contributed by atoms with Gasteiger partial charge in [-0.15, -0.1) is 0 Å². The summed E-state index contributed by atoms with van der Waals surface area (Å²) in [4.78, 5) is 6.91. The molecule has 1 aromatic rings. The fourth-order valence-corrected chi connectivity index (χ4v) is 3.30. The van der Waals surface area contributed by atoms with E-state index in [4.69, 9.17) is 0 Å². The molecule has 0 saturated carbocycles. The molecule has 2 atom stereocenters. The normalized spacial score (nSPS) is 21.1. The van der Waals surface area contributed by atoms with Crippen molar-refractivity contribution in [2.45, 2.75) is 51.5 Å². The molecule has 1 aliphatic heterocycles. The monoisotopic (exact) mass is 400 g/mol. The van der Waals surface area contributed by atoms with Crippen LogP contribution in [0.2, 0.25) is 0 Å². The predicted molar refractivity (Wildman–Crippen MR) is 105 cm³/mol. The third-order valence-electron chi connectivity index (χ3n) is 4.60. The Balaban J connectivity index is 1.76. The highest BCUT2D eigenvalue weighted by Gasteiger charge is 2.29. The maximum absolute atomic E-state index is 12.0. The van der Waals surface area contributed by atoms with Crippen molar-refractivity contribution in [2.75, 3.05) is 32.8 Å². The van der Waals surface area contributed by atoms with Gasteiger partial charge in [-0.05, 0) is 32.3 Å². The summed E-state index contributed by atoms with van der Waals surface area (Å²) in [5.41, 5.74) is 1.30. The molecule has 0 amide bonds. The third kappa shape index (κ3) is 8.48. The Bertz CT molecular complexity index is 595. The molecule has 0 aromatic heterocycles. The molecule has 158 valence electrons. The average molecular weight is 400 g/mol. The molecule has 0 bridgehead atoms. The lowest BCUT2D eigenvalue weighted by molar-refractivity contribution is -0.173. The van der Waals surface area contributed by atoms with E-state index in [0.717, 1.165) is 26.1 Å². The summed E-state index contributed by atoms with van der Waals surface area (Å²) < 4.78 is 40.8. The maximum atomic E-state index is 12.0. The number of nitrogens with zero attached hydrogens (tertiary/aromatic N) is 2. The van der Waals surface area contributed by atoms with Gasteiger partial charge in [0, 0.05) is 44.9 Å². The molecule has 1 aromatic carbocycles. The first-order valence-electron chi connectivity index (χ1n) is 9.84. The lowest BCUT2D eigenvalue weighted by atomic mass is 10.2. The van der Waals surface area contributed by atoms with Crippen LogP contribution in [0.4, 0.5) is 13.2 Å². The summed E-state index contributed by atoms with van der Waals surface area (Å²) >= 11 is 0. The van der Waals surface area contributed by atoms with Crippen LogP contribution in [0.15, 0.2) is 35.3 Å². The highest BCUT2D eigenvalue weighted by atomic mass is 19.4. The lowest BCUT2D eigenvalue weighted by Gasteiger charge is -2.21. The molecule has 0 radical (unpaired) electrons. The van der Waals surface area contributed by atoms with Gasteiger partial charge in [-0.1, -0.05) is 30.3 Å². The second kappa shape index (κ2) is 11.3. The Morgan fingerprint density at radius 3 is 2.71 bits per heavy atom. The fourth-order valence-electron chi connectivity index (χ4n) is 3.30. The first-order valence-corrected chi connectivity index (χ1v) is 9.84. The molecule has 8 heteroatoms. The number of alkyl halides is 3. The van der Waals surface area contributed by atoms with E-state index in [1.807, 2.05) is 13.0 Å². The minimum absolute atomic E-state index is 0.0493. The number of hydrogen-bond donors (Lipinski definition) is 2. The van der Waals surface area contributed by atoms with Gasteiger partial charge in [-0.25, -0.2) is 0 Å². The number of halogens is 3. The van der Waals surface area contributed by atoms with Crippen LogP contribution in [0, 0.1) is 0 Å². The molecule has 28 heavy (non-hydrogen) atoms. The summed E-state index contributed by atoms with van der Waals surface area (Å²) in [6.45, 7) is 6.06. The van der Waals surface area contributed by atoms with Gasteiger partial charge in [0.15, 0.2) is 5.96 Å². The van der Waals surface area contributed by atoms with E-state index < -0.39 is 12.8 Å². The highest BCUT2D eigenvalue weighted by Crippen LogP contribution is 2.20. The topological polar surface area (TPSA) is 48.9 Å². The lowest BCUT2D eigenvalue weighted by Crippen LogP contribution is -2.44. The van der Waals surface area contributed by atoms with Crippen molar-refractivity contribution in [1.29, 1.82) is 0 Å². The molecular weight excluding hydrogens is 369 g/mol. The van der Waals surface area contributed by atoms with Crippen LogP contribution < -0.4 is 10.6 Å². The van der Waals surface area contributed by atoms with Gasteiger partial charge in [0.2, 0.25) is 0 Å². The van der Waals surface area contributed by atoms with E-state index in [1.165, 1.54) is 5.56 Å². The van der Waals surface area contributed by atoms with Crippen molar-refractivity contribution >= 4 is 5.96 Å². The zero-order valence-corrected chi connectivity index (χ0v) is 16.6. The molecule has 1 aliphatic rings. The number of guanidine groups is 1. The molecule has 1 saturated heterocycles. The molecule has 0 spiro atoms. The SMILES string of the molecule is CCNC(=NCCCOCC(F)(F)F)NC1CC(C)N(Cc2ccccc2)C1. The van der Waals surface area contributed by atoms with Gasteiger partial charge in [0.05, 0.1) is 0 Å². The summed E-state index contributed by atoms with van der Waals surface area (Å²) in [6, 6.07) is 11.2. The minimum atomic E-state index is -4.27. The third-order valence-corrected chi connectivity index (χ3v) is 4.60. The molecule has 2 unspecified atom stereocenters. The van der Waals surface area contributed by atoms with Gasteiger partial charge < -0.3 is 15.4 Å². The van der Waals surface area contributed by atoms with Gasteiger partial charge in [0.1, 0.15) is 6.61 Å². The van der Waals surface area contributed by atoms with E-state index in [9.17, 15) is 13.2 Å². The highest BCUT2D eigenvalue weighted by molar-refractivity contribution is 5.80. The number of likely N-dealkylation sites (tertiary alicyclic amines) is 1. The van der Waals surface area contributed by atoms with Crippen LogP contribution >= 0.6 is 0 Å². The average Bonchev–Trinajstić information content (AvgIpc) is 2.97. The summed E-state index contributed by atoms with van der Waals surface area (Å²) in [6.07, 6.45) is -2.80. The number of ether oxygens (including phenoxy) is 1. The van der Waals surface area contributed by atoms with E-state index in [-0.39, 0.29) is 12.6 Å². The Labute approximate surface area is 165 Å². The van der Waals surface area contributed by atoms with Gasteiger partial charge in [-0.2, -0.15) is 13.2 Å². The molecule has 5 nitrogen and oxygen atoms in total. The Hall–Kier alpha value is -1.80. The quantitative estimate of drug-likeness (QED) is 0.380. The zero-order chi connectivity index (χ0) is 20.4. The number of aliphatic imine (C=N–C) groups is 1. The largest absolute Gasteiger partial charge is 0.411 e. The van der Waals surface area contributed by atoms with Crippen molar-refractivity contribution in [2.24, 2.45) is 4.99 Å². The van der Waals surface area contributed by atoms with Crippen molar-refractivity contribution in [1.82, 2.24) is 15.5 Å². The first kappa shape index (κ1) is 22.5. The molecular formula is C20H31F3N4O. The first-order chi connectivity index (χ1) is 13.4. The summed E-state index contributed by atoms with van der Waals surface area (Å²) in [5.74, 6) is 0.706. The van der Waals surface area contributed by atoms with Crippen LogP contribution in [0.3, 0.4) is 0 Å². The van der Waals surface area contributed by atoms with Crippen molar-refractivity contribution < 1.29 is 17.9 Å². The van der Waals surface area contributed by atoms with Gasteiger partial charge in [0.25, 0.3) is 0 Å². The minimum Gasteiger partial charge on any atom is -0.372 e. The summed E-state index contributed by atoms with van der Waals surface area (Å²) in [5, 5.41) is 6.66. The standard InChI is InChI=1S/C20H31F3N4O/c1-3-24-19(25-10-7-11-28-15-20(21,22)23)26-18-12-16(2)27(14-18)13-17-8-5-4-6-9-17/h4-6,8-9,16,18H,3,7,10-15H2,1-2H3,(H2,24,25,26). The second-order valence-corrected chi connectivity index (χ2v) is 7.12. The maximum Gasteiger partial charge on any atom is 0.411 e. The number of rotatable bonds is 9. The van der Waals surface area contributed by atoms with Crippen molar-refractivity contribution in [3.63, 3.8) is 0 Å². The Kier molecular flexibility index (Phi) is 9.05. The number of benzene rings is 1. The Morgan fingerprint density at radius 2 is 2.04 bits per heavy atom. The van der Waals surface area contributed by atoms with E-state index in [0.29, 0.717) is 25.0 Å². The van der Waals surface area contributed by atoms with Crippen molar-refractivity contribution in [3.05, 3.63) is 35.9 Å². The molecule has 2 N–H and O–H groups in total. The van der Waals surface area contributed by atoms with E-state index >= 15 is 0 Å². The van der Waals surface area contributed by atoms with E-state index in [2.05, 4.69) is 56.5 Å². The van der Waals surface area contributed by atoms with Crippen LogP contribution in [-0.4, -0.2) is 62.0 Å². The smallest absolute Gasteiger partial charge is 0.372 e. The van der Waals surface area contributed by atoms with Crippen LogP contribution in [0.1, 0.15) is 32.3 Å². The van der Waals surface area contributed by atoms with Crippen LogP contribution in [-0.2, 0) is 11.3 Å². The molecule has 0 aliphatic carbocycles. The van der Waals surface area contributed by atoms with Crippen LogP contribution in [0.25, 0.3) is 0 Å². The van der Waals surface area contributed by atoms with Gasteiger partial charge >= 0.3 is 6.18 Å². The summed E-state index contributed by atoms with van der Waals surface area (Å²) in [7, 11) is 0. The molecule has 1 fully saturated rings. The number of hydrogen-bond acceptors (Lipinski definition) is 3.